The Morgan fingerprint density at radius 1 is 1.09 bits per heavy atom. The summed E-state index contributed by atoms with van der Waals surface area (Å²) in [6.07, 6.45) is 0.671. The molecule has 5 rings (SSSR count). The highest BCUT2D eigenvalue weighted by molar-refractivity contribution is 7.99. The van der Waals surface area contributed by atoms with E-state index in [0.717, 1.165) is 54.6 Å². The molecule has 1 saturated carbocycles. The van der Waals surface area contributed by atoms with Crippen LogP contribution in [0.4, 0.5) is 13.2 Å². The van der Waals surface area contributed by atoms with Crippen LogP contribution in [-0.2, 0) is 26.0 Å². The molecule has 46 heavy (non-hydrogen) atoms. The highest BCUT2D eigenvalue weighted by Crippen LogP contribution is 2.61. The van der Waals surface area contributed by atoms with E-state index in [9.17, 15) is 23.1 Å². The number of aliphatic hydroxyl groups is 1. The maximum Gasteiger partial charge on any atom is 0.416 e. The Hall–Kier alpha value is -2.10. The Balaban J connectivity index is 0.000000567. The van der Waals surface area contributed by atoms with Gasteiger partial charge in [-0.1, -0.05) is 93.7 Å². The molecule has 0 saturated heterocycles. The molecule has 5 nitrogen and oxygen atoms in total. The number of aromatic nitrogens is 1. The lowest BCUT2D eigenvalue weighted by Crippen LogP contribution is -2.37. The van der Waals surface area contributed by atoms with Crippen LogP contribution in [0, 0.1) is 5.41 Å². The molecule has 3 aliphatic rings. The SMILES string of the molecule is CC(=O)O[C@@H]1c2nc(C(C)C)c3c(c2[C@@H](O)CC1(C)C)C1(CCCC1)O[C@@H]3c1ccc(C(F)(F)F)cc1.CCC.CSC(C)(C)C. The van der Waals surface area contributed by atoms with Gasteiger partial charge in [0.15, 0.2) is 0 Å². The zero-order chi connectivity index (χ0) is 34.8. The summed E-state index contributed by atoms with van der Waals surface area (Å²) in [6.45, 7) is 20.2. The Morgan fingerprint density at radius 3 is 2.04 bits per heavy atom. The number of aliphatic hydroxyl groups excluding tert-OH is 1. The largest absolute Gasteiger partial charge is 0.455 e. The third kappa shape index (κ3) is 8.30. The maximum absolute atomic E-state index is 13.3. The van der Waals surface area contributed by atoms with Crippen molar-refractivity contribution < 1.29 is 32.5 Å². The van der Waals surface area contributed by atoms with Crippen molar-refractivity contribution in [1.29, 1.82) is 0 Å². The molecule has 3 atom stereocenters. The third-order valence-electron chi connectivity index (χ3n) is 8.80. The smallest absolute Gasteiger partial charge is 0.416 e. The molecule has 0 unspecified atom stereocenters. The number of pyridine rings is 1. The Bertz CT molecular complexity index is 1340. The lowest BCUT2D eigenvalue weighted by atomic mass is 9.68. The summed E-state index contributed by atoms with van der Waals surface area (Å²) >= 11 is 1.88. The third-order valence-corrected chi connectivity index (χ3v) is 10.0. The van der Waals surface area contributed by atoms with E-state index in [1.807, 2.05) is 39.5 Å². The number of nitrogens with zero attached hydrogens (tertiary/aromatic N) is 1. The molecule has 2 aliphatic carbocycles. The molecule has 9 heteroatoms. The van der Waals surface area contributed by atoms with E-state index in [-0.39, 0.29) is 5.92 Å². The van der Waals surface area contributed by atoms with Crippen molar-refractivity contribution in [2.75, 3.05) is 6.26 Å². The molecule has 1 spiro atoms. The number of rotatable bonds is 3. The van der Waals surface area contributed by atoms with Crippen LogP contribution in [0.15, 0.2) is 24.3 Å². The highest BCUT2D eigenvalue weighted by Gasteiger charge is 2.55. The van der Waals surface area contributed by atoms with E-state index in [2.05, 4.69) is 40.9 Å². The minimum Gasteiger partial charge on any atom is -0.455 e. The number of carbonyl (C=O) groups is 1. The van der Waals surface area contributed by atoms with Gasteiger partial charge in [0.25, 0.3) is 0 Å². The summed E-state index contributed by atoms with van der Waals surface area (Å²) < 4.78 is 52.9. The van der Waals surface area contributed by atoms with Crippen LogP contribution >= 0.6 is 11.8 Å². The molecule has 1 fully saturated rings. The second-order valence-corrected chi connectivity index (χ2v) is 16.4. The van der Waals surface area contributed by atoms with Crippen LogP contribution in [0.25, 0.3) is 0 Å². The fourth-order valence-corrected chi connectivity index (χ4v) is 6.58. The van der Waals surface area contributed by atoms with Gasteiger partial charge < -0.3 is 14.6 Å². The fraction of sp³-hybridized carbons (Fsp3) is 0.676. The summed E-state index contributed by atoms with van der Waals surface area (Å²) in [5.74, 6) is -0.445. The van der Waals surface area contributed by atoms with Gasteiger partial charge in [-0.05, 0) is 54.7 Å². The average molecular weight is 666 g/mol. The van der Waals surface area contributed by atoms with E-state index in [4.69, 9.17) is 14.5 Å². The standard InChI is InChI=1S/C29H34F3NO4.C5H12S.C3H8/c1-15(2)23-21-22(20-19(35)14-27(4,5)26(24(20)33-23)36-16(3)34)28(12-6-7-13-28)37-25(21)17-8-10-18(11-9-17)29(30,31)32;1-5(2,3)6-4;1-3-2/h8-11,15,19,25-26,35H,6-7,12-14H2,1-5H3;1-4H3;3H2,1-2H3/t19-,25+,26+;;/m0../s1. The minimum absolute atomic E-state index is 0.0312. The molecular formula is C37H54F3NO4S. The molecule has 0 amide bonds. The van der Waals surface area contributed by atoms with Crippen molar-refractivity contribution in [2.24, 2.45) is 5.41 Å². The first-order valence-electron chi connectivity index (χ1n) is 16.6. The van der Waals surface area contributed by atoms with E-state index in [0.29, 0.717) is 28.0 Å². The van der Waals surface area contributed by atoms with Crippen molar-refractivity contribution in [3.8, 4) is 0 Å². The van der Waals surface area contributed by atoms with Crippen LogP contribution in [0.3, 0.4) is 0 Å². The summed E-state index contributed by atoms with van der Waals surface area (Å²) in [4.78, 5) is 17.2. The van der Waals surface area contributed by atoms with Gasteiger partial charge in [-0.3, -0.25) is 9.78 Å². The van der Waals surface area contributed by atoms with E-state index in [1.54, 1.807) is 0 Å². The van der Waals surface area contributed by atoms with Crippen molar-refractivity contribution in [2.45, 2.75) is 149 Å². The lowest BCUT2D eigenvalue weighted by Gasteiger charge is -2.42. The monoisotopic (exact) mass is 665 g/mol. The predicted octanol–water partition coefficient (Wildman–Crippen LogP) is 10.7. The van der Waals surface area contributed by atoms with Crippen LogP contribution in [-0.4, -0.2) is 27.1 Å². The number of alkyl halides is 3. The van der Waals surface area contributed by atoms with Gasteiger partial charge in [-0.2, -0.15) is 24.9 Å². The first-order valence-corrected chi connectivity index (χ1v) is 17.8. The van der Waals surface area contributed by atoms with Crippen molar-refractivity contribution in [1.82, 2.24) is 4.98 Å². The highest BCUT2D eigenvalue weighted by atomic mass is 32.2. The number of benzene rings is 1. The minimum atomic E-state index is -4.42. The van der Waals surface area contributed by atoms with Gasteiger partial charge >= 0.3 is 12.1 Å². The van der Waals surface area contributed by atoms with Crippen molar-refractivity contribution in [3.63, 3.8) is 0 Å². The number of hydrogen-bond donors (Lipinski definition) is 1. The van der Waals surface area contributed by atoms with E-state index >= 15 is 0 Å². The summed E-state index contributed by atoms with van der Waals surface area (Å²) in [5, 5.41) is 11.5. The molecule has 1 aliphatic heterocycles. The normalized spacial score (nSPS) is 22.7. The van der Waals surface area contributed by atoms with Gasteiger partial charge in [0, 0.05) is 33.9 Å². The molecule has 258 valence electrons. The number of hydrogen-bond acceptors (Lipinski definition) is 6. The number of thioether (sulfide) groups is 1. The molecule has 0 bridgehead atoms. The summed E-state index contributed by atoms with van der Waals surface area (Å²) in [5.41, 5.74) is 2.48. The molecule has 2 aromatic rings. The topological polar surface area (TPSA) is 68.7 Å². The van der Waals surface area contributed by atoms with E-state index < -0.39 is 47.0 Å². The quantitative estimate of drug-likeness (QED) is 0.329. The second-order valence-electron chi connectivity index (χ2n) is 14.8. The first-order chi connectivity index (χ1) is 21.2. The van der Waals surface area contributed by atoms with Crippen LogP contribution in [0.1, 0.15) is 171 Å². The number of fused-ring (bicyclic) bond motifs is 4. The Labute approximate surface area is 278 Å². The molecule has 0 radical (unpaired) electrons. The molecule has 1 aromatic heterocycles. The van der Waals surface area contributed by atoms with Gasteiger partial charge in [0.05, 0.1) is 23.0 Å². The number of carbonyl (C=O) groups excluding carboxylic acids is 1. The Kier molecular flexibility index (Phi) is 12.1. The zero-order valence-electron chi connectivity index (χ0n) is 29.5. The molecule has 1 aromatic carbocycles. The average Bonchev–Trinajstić information content (AvgIpc) is 3.55. The zero-order valence-corrected chi connectivity index (χ0v) is 30.3. The Morgan fingerprint density at radius 2 is 1.61 bits per heavy atom. The maximum atomic E-state index is 13.3. The van der Waals surface area contributed by atoms with Crippen molar-refractivity contribution in [3.05, 3.63) is 63.5 Å². The number of ether oxygens (including phenoxy) is 2. The lowest BCUT2D eigenvalue weighted by molar-refractivity contribution is -0.156. The fourth-order valence-electron chi connectivity index (χ4n) is 6.58. The first kappa shape index (κ1) is 38.3. The van der Waals surface area contributed by atoms with Crippen LogP contribution in [0.2, 0.25) is 0 Å². The van der Waals surface area contributed by atoms with Crippen molar-refractivity contribution >= 4 is 17.7 Å². The van der Waals surface area contributed by atoms with Gasteiger partial charge in [0.2, 0.25) is 0 Å². The summed E-state index contributed by atoms with van der Waals surface area (Å²) in [7, 11) is 0. The molecule has 1 N–H and O–H groups in total. The second kappa shape index (κ2) is 14.6. The predicted molar refractivity (Wildman–Crippen MR) is 180 cm³/mol. The number of halogens is 3. The summed E-state index contributed by atoms with van der Waals surface area (Å²) in [6, 6.07) is 5.14. The van der Waals surface area contributed by atoms with Crippen LogP contribution in [0.5, 0.6) is 0 Å². The van der Waals surface area contributed by atoms with E-state index in [1.165, 1.54) is 25.5 Å². The van der Waals surface area contributed by atoms with Gasteiger partial charge in [-0.15, -0.1) is 0 Å². The molecule has 2 heterocycles. The molecular weight excluding hydrogens is 611 g/mol. The van der Waals surface area contributed by atoms with Crippen LogP contribution < -0.4 is 0 Å². The van der Waals surface area contributed by atoms with Gasteiger partial charge in [-0.25, -0.2) is 0 Å². The van der Waals surface area contributed by atoms with Gasteiger partial charge in [0.1, 0.15) is 12.2 Å². The number of esters is 1.